The quantitative estimate of drug-likeness (QED) is 0.500. The molecule has 0 atom stereocenters. The Morgan fingerprint density at radius 3 is 2.32 bits per heavy atom. The van der Waals surface area contributed by atoms with Gasteiger partial charge in [-0.2, -0.15) is 5.10 Å². The number of nitrogens with one attached hydrogen (secondary N) is 1. The largest absolute Gasteiger partial charge is 0.477 e. The molecule has 4 aliphatic carbocycles. The van der Waals surface area contributed by atoms with E-state index in [0.717, 1.165) is 62.9 Å². The maximum absolute atomic E-state index is 13.6. The Balaban J connectivity index is 1.32. The molecule has 1 aromatic rings. The minimum absolute atomic E-state index is 0.0785. The second-order valence-corrected chi connectivity index (χ2v) is 13.7. The third-order valence-corrected chi connectivity index (χ3v) is 9.38. The van der Waals surface area contributed by atoms with E-state index in [1.54, 1.807) is 17.1 Å². The van der Waals surface area contributed by atoms with Crippen LogP contribution in [0.4, 0.5) is 0 Å². The molecule has 8 nitrogen and oxygen atoms in total. The topological polar surface area (TPSA) is 102 Å². The number of amides is 2. The van der Waals surface area contributed by atoms with Gasteiger partial charge in [-0.1, -0.05) is 19.9 Å². The van der Waals surface area contributed by atoms with E-state index in [9.17, 15) is 9.59 Å². The van der Waals surface area contributed by atoms with Gasteiger partial charge in [-0.15, -0.1) is 0 Å². The second kappa shape index (κ2) is 10.7. The van der Waals surface area contributed by atoms with E-state index < -0.39 is 5.41 Å². The standard InChI is InChI=1S/C30H47N5O3/c1-20(2)19-38-27-25(26(36)33-30-14-22-11-23(15-30)13-24(12-22)16-30)18-32-35(27)10-7-29(3,4)28(37)34-8-5-21(17-31)6-9-34/h7,10,18,20-24H,5-6,8-9,11-17,19,31H2,1-4H3,(H,33,36)/b10-7+. The average molecular weight is 526 g/mol. The number of carbonyl (C=O) groups excluding carboxylic acids is 2. The minimum atomic E-state index is -0.710. The van der Waals surface area contributed by atoms with Crippen LogP contribution in [0, 0.1) is 35.0 Å². The zero-order chi connectivity index (χ0) is 27.1. The smallest absolute Gasteiger partial charge is 0.258 e. The second-order valence-electron chi connectivity index (χ2n) is 13.7. The lowest BCUT2D eigenvalue weighted by Gasteiger charge is -2.56. The zero-order valence-corrected chi connectivity index (χ0v) is 23.7. The molecule has 5 fully saturated rings. The molecular formula is C30H47N5O3. The molecule has 4 saturated carbocycles. The predicted molar refractivity (Wildman–Crippen MR) is 148 cm³/mol. The molecule has 2 amide bonds. The van der Waals surface area contributed by atoms with Crippen molar-refractivity contribution in [2.75, 3.05) is 26.2 Å². The van der Waals surface area contributed by atoms with Gasteiger partial charge < -0.3 is 20.7 Å². The predicted octanol–water partition coefficient (Wildman–Crippen LogP) is 4.31. The van der Waals surface area contributed by atoms with E-state index in [1.807, 2.05) is 24.8 Å². The third-order valence-electron chi connectivity index (χ3n) is 9.38. The van der Waals surface area contributed by atoms with Crippen molar-refractivity contribution in [1.29, 1.82) is 0 Å². The molecule has 4 bridgehead atoms. The maximum atomic E-state index is 13.6. The number of hydrogen-bond acceptors (Lipinski definition) is 5. The van der Waals surface area contributed by atoms with Crippen molar-refractivity contribution < 1.29 is 14.3 Å². The van der Waals surface area contributed by atoms with Crippen molar-refractivity contribution in [2.24, 2.45) is 40.7 Å². The molecule has 5 aliphatic rings. The van der Waals surface area contributed by atoms with Crippen molar-refractivity contribution in [3.8, 4) is 5.88 Å². The van der Waals surface area contributed by atoms with Crippen LogP contribution in [-0.2, 0) is 4.79 Å². The van der Waals surface area contributed by atoms with Crippen molar-refractivity contribution in [2.45, 2.75) is 84.6 Å². The first kappa shape index (κ1) is 27.2. The van der Waals surface area contributed by atoms with Gasteiger partial charge in [0.1, 0.15) is 5.56 Å². The number of hydrogen-bond donors (Lipinski definition) is 2. The van der Waals surface area contributed by atoms with Crippen LogP contribution in [0.15, 0.2) is 12.3 Å². The number of nitrogens with zero attached hydrogens (tertiary/aromatic N) is 3. The molecule has 38 heavy (non-hydrogen) atoms. The molecule has 0 spiro atoms. The first-order valence-corrected chi connectivity index (χ1v) is 14.8. The fraction of sp³-hybridized carbons (Fsp3) is 0.767. The highest BCUT2D eigenvalue weighted by Gasteiger charge is 2.51. The van der Waals surface area contributed by atoms with Crippen LogP contribution in [0.1, 0.15) is 89.4 Å². The van der Waals surface area contributed by atoms with Crippen LogP contribution in [0.25, 0.3) is 6.20 Å². The molecule has 0 unspecified atom stereocenters. The van der Waals surface area contributed by atoms with Crippen molar-refractivity contribution in [3.05, 3.63) is 17.8 Å². The first-order valence-electron chi connectivity index (χ1n) is 14.8. The summed E-state index contributed by atoms with van der Waals surface area (Å²) in [6.45, 7) is 10.7. The number of piperidine rings is 1. The lowest BCUT2D eigenvalue weighted by atomic mass is 9.53. The molecule has 3 N–H and O–H groups in total. The van der Waals surface area contributed by atoms with Gasteiger partial charge in [0.2, 0.25) is 11.8 Å². The Morgan fingerprint density at radius 1 is 1.16 bits per heavy atom. The van der Waals surface area contributed by atoms with Crippen molar-refractivity contribution >= 4 is 18.0 Å². The minimum Gasteiger partial charge on any atom is -0.477 e. The molecule has 1 aromatic heterocycles. The van der Waals surface area contributed by atoms with Crippen LogP contribution in [0.2, 0.25) is 0 Å². The summed E-state index contributed by atoms with van der Waals surface area (Å²) in [7, 11) is 0. The lowest BCUT2D eigenvalue weighted by Crippen LogP contribution is -2.59. The molecule has 0 aromatic carbocycles. The molecule has 0 radical (unpaired) electrons. The first-order chi connectivity index (χ1) is 18.1. The van der Waals surface area contributed by atoms with Gasteiger partial charge in [-0.05, 0) is 101 Å². The van der Waals surface area contributed by atoms with Crippen LogP contribution < -0.4 is 15.8 Å². The Bertz CT molecular complexity index is 1020. The Morgan fingerprint density at radius 2 is 1.76 bits per heavy atom. The summed E-state index contributed by atoms with van der Waals surface area (Å²) in [4.78, 5) is 28.9. The number of nitrogens with two attached hydrogens (primary N) is 1. The number of likely N-dealkylation sites (tertiary alicyclic amines) is 1. The van der Waals surface area contributed by atoms with Gasteiger partial charge in [0.25, 0.3) is 5.91 Å². The molecule has 8 heteroatoms. The van der Waals surface area contributed by atoms with Gasteiger partial charge in [0.05, 0.1) is 18.2 Å². The Labute approximate surface area is 227 Å². The van der Waals surface area contributed by atoms with Gasteiger partial charge in [0, 0.05) is 24.8 Å². The SMILES string of the molecule is CC(C)COc1c(C(=O)NC23CC4CC(CC(C4)C2)C3)cnn1/C=C/C(C)(C)C(=O)N1CCC(CN)CC1. The molecule has 6 rings (SSSR count). The fourth-order valence-electron chi connectivity index (χ4n) is 7.68. The van der Waals surface area contributed by atoms with Gasteiger partial charge in [-0.25, -0.2) is 4.68 Å². The molecule has 210 valence electrons. The maximum Gasteiger partial charge on any atom is 0.258 e. The van der Waals surface area contributed by atoms with Crippen LogP contribution in [0.5, 0.6) is 5.88 Å². The monoisotopic (exact) mass is 525 g/mol. The molecule has 1 saturated heterocycles. The highest BCUT2D eigenvalue weighted by molar-refractivity contribution is 5.97. The molecular weight excluding hydrogens is 478 g/mol. The Hall–Kier alpha value is -2.35. The van der Waals surface area contributed by atoms with E-state index in [1.165, 1.54) is 19.3 Å². The van der Waals surface area contributed by atoms with Crippen LogP contribution in [0.3, 0.4) is 0 Å². The summed E-state index contributed by atoms with van der Waals surface area (Å²) in [5, 5.41) is 7.97. The summed E-state index contributed by atoms with van der Waals surface area (Å²) in [5.41, 5.74) is 5.51. The highest BCUT2D eigenvalue weighted by Crippen LogP contribution is 2.55. The van der Waals surface area contributed by atoms with E-state index in [2.05, 4.69) is 24.3 Å². The van der Waals surface area contributed by atoms with Crippen molar-refractivity contribution in [3.63, 3.8) is 0 Å². The number of aromatic nitrogens is 2. The summed E-state index contributed by atoms with van der Waals surface area (Å²) < 4.78 is 7.78. The number of rotatable bonds is 9. The van der Waals surface area contributed by atoms with Crippen LogP contribution >= 0.6 is 0 Å². The van der Waals surface area contributed by atoms with Gasteiger partial charge in [0.15, 0.2) is 0 Å². The molecule has 2 heterocycles. The lowest BCUT2D eigenvalue weighted by molar-refractivity contribution is -0.139. The summed E-state index contributed by atoms with van der Waals surface area (Å²) >= 11 is 0. The van der Waals surface area contributed by atoms with Crippen molar-refractivity contribution in [1.82, 2.24) is 20.0 Å². The summed E-state index contributed by atoms with van der Waals surface area (Å²) in [5.74, 6) is 3.52. The van der Waals surface area contributed by atoms with E-state index in [-0.39, 0.29) is 17.4 Å². The fourth-order valence-corrected chi connectivity index (χ4v) is 7.68. The summed E-state index contributed by atoms with van der Waals surface area (Å²) in [6, 6.07) is 0. The average Bonchev–Trinajstić information content (AvgIpc) is 3.28. The van der Waals surface area contributed by atoms with E-state index >= 15 is 0 Å². The number of carbonyl (C=O) groups is 2. The van der Waals surface area contributed by atoms with Gasteiger partial charge in [-0.3, -0.25) is 9.59 Å². The van der Waals surface area contributed by atoms with Crippen LogP contribution in [-0.4, -0.2) is 58.3 Å². The zero-order valence-electron chi connectivity index (χ0n) is 23.7. The highest BCUT2D eigenvalue weighted by atomic mass is 16.5. The molecule has 1 aliphatic heterocycles. The number of ether oxygens (including phenoxy) is 1. The van der Waals surface area contributed by atoms with E-state index in [0.29, 0.717) is 36.4 Å². The Kier molecular flexibility index (Phi) is 7.64. The van der Waals surface area contributed by atoms with Gasteiger partial charge >= 0.3 is 0 Å². The third kappa shape index (κ3) is 5.65. The van der Waals surface area contributed by atoms with E-state index in [4.69, 9.17) is 10.5 Å². The summed E-state index contributed by atoms with van der Waals surface area (Å²) in [6.07, 6.45) is 14.5. The normalized spacial score (nSPS) is 29.4.